The number of rotatable bonds is 7. The van der Waals surface area contributed by atoms with Crippen molar-refractivity contribution in [2.45, 2.75) is 31.3 Å². The molecule has 1 aromatic heterocycles. The second kappa shape index (κ2) is 7.66. The molecule has 1 N–H and O–H groups in total. The van der Waals surface area contributed by atoms with E-state index in [1.807, 2.05) is 6.07 Å². The predicted molar refractivity (Wildman–Crippen MR) is 91.9 cm³/mol. The standard InChI is InChI=1S/C17H20O2S2/c1-12(2)10-16(17(18)19)21-11-13-5-7-14(8-6-13)15-4-3-9-20-15/h3-9,12,16H,10-11H2,1-2H3,(H,18,19). The van der Waals surface area contributed by atoms with E-state index in [4.69, 9.17) is 0 Å². The summed E-state index contributed by atoms with van der Waals surface area (Å²) in [5, 5.41) is 11.0. The third kappa shape index (κ3) is 4.90. The molecule has 2 rings (SSSR count). The van der Waals surface area contributed by atoms with E-state index in [1.165, 1.54) is 27.8 Å². The van der Waals surface area contributed by atoms with Gasteiger partial charge in [-0.1, -0.05) is 44.2 Å². The topological polar surface area (TPSA) is 37.3 Å². The Morgan fingerprint density at radius 3 is 2.48 bits per heavy atom. The summed E-state index contributed by atoms with van der Waals surface area (Å²) in [6.07, 6.45) is 0.716. The molecule has 2 nitrogen and oxygen atoms in total. The Kier molecular flexibility index (Phi) is 5.88. The lowest BCUT2D eigenvalue weighted by Crippen LogP contribution is -2.18. The molecule has 112 valence electrons. The van der Waals surface area contributed by atoms with E-state index in [0.29, 0.717) is 12.3 Å². The van der Waals surface area contributed by atoms with Crippen LogP contribution in [-0.2, 0) is 10.5 Å². The molecule has 1 unspecified atom stereocenters. The molecule has 0 saturated carbocycles. The molecule has 0 aliphatic rings. The van der Waals surface area contributed by atoms with Gasteiger partial charge < -0.3 is 5.11 Å². The summed E-state index contributed by atoms with van der Waals surface area (Å²) < 4.78 is 0. The predicted octanol–water partition coefficient (Wildman–Crippen LogP) is 5.15. The first-order chi connectivity index (χ1) is 10.1. The van der Waals surface area contributed by atoms with Gasteiger partial charge in [0.15, 0.2) is 0 Å². The average Bonchev–Trinajstić information content (AvgIpc) is 2.97. The first-order valence-corrected chi connectivity index (χ1v) is 8.96. The van der Waals surface area contributed by atoms with E-state index in [2.05, 4.69) is 49.6 Å². The minimum Gasteiger partial charge on any atom is -0.480 e. The fourth-order valence-corrected chi connectivity index (χ4v) is 4.06. The van der Waals surface area contributed by atoms with E-state index >= 15 is 0 Å². The molecule has 1 heterocycles. The number of thioether (sulfide) groups is 1. The summed E-state index contributed by atoms with van der Waals surface area (Å²) in [7, 11) is 0. The zero-order valence-electron chi connectivity index (χ0n) is 12.3. The third-order valence-electron chi connectivity index (χ3n) is 3.17. The lowest BCUT2D eigenvalue weighted by atomic mass is 10.1. The van der Waals surface area contributed by atoms with Gasteiger partial charge in [-0.15, -0.1) is 23.1 Å². The summed E-state index contributed by atoms with van der Waals surface area (Å²) >= 11 is 3.25. The molecule has 0 aliphatic heterocycles. The van der Waals surface area contributed by atoms with Gasteiger partial charge in [0.25, 0.3) is 0 Å². The number of carbonyl (C=O) groups is 1. The van der Waals surface area contributed by atoms with Gasteiger partial charge in [0.2, 0.25) is 0 Å². The summed E-state index contributed by atoms with van der Waals surface area (Å²) in [4.78, 5) is 12.5. The van der Waals surface area contributed by atoms with Crippen LogP contribution in [-0.4, -0.2) is 16.3 Å². The van der Waals surface area contributed by atoms with Crippen molar-refractivity contribution < 1.29 is 9.90 Å². The molecule has 1 atom stereocenters. The van der Waals surface area contributed by atoms with Crippen LogP contribution in [0.4, 0.5) is 0 Å². The van der Waals surface area contributed by atoms with E-state index < -0.39 is 5.97 Å². The Balaban J connectivity index is 1.95. The van der Waals surface area contributed by atoms with E-state index in [-0.39, 0.29) is 5.25 Å². The maximum atomic E-state index is 11.2. The Hall–Kier alpha value is -1.26. The largest absolute Gasteiger partial charge is 0.480 e. The minimum atomic E-state index is -0.705. The number of carboxylic acid groups (broad SMARTS) is 1. The van der Waals surface area contributed by atoms with Crippen molar-refractivity contribution in [3.05, 3.63) is 47.3 Å². The number of hydrogen-bond acceptors (Lipinski definition) is 3. The van der Waals surface area contributed by atoms with Crippen molar-refractivity contribution in [1.82, 2.24) is 0 Å². The molecular weight excluding hydrogens is 300 g/mol. The fourth-order valence-electron chi connectivity index (χ4n) is 2.07. The van der Waals surface area contributed by atoms with Crippen molar-refractivity contribution in [3.63, 3.8) is 0 Å². The van der Waals surface area contributed by atoms with Crippen LogP contribution in [0, 0.1) is 5.92 Å². The SMILES string of the molecule is CC(C)CC(SCc1ccc(-c2cccs2)cc1)C(=O)O. The number of hydrogen-bond donors (Lipinski definition) is 1. The highest BCUT2D eigenvalue weighted by Crippen LogP contribution is 2.27. The van der Waals surface area contributed by atoms with Crippen LogP contribution in [0.3, 0.4) is 0 Å². The van der Waals surface area contributed by atoms with E-state index in [0.717, 1.165) is 5.75 Å². The quantitative estimate of drug-likeness (QED) is 0.767. The Morgan fingerprint density at radius 1 is 1.24 bits per heavy atom. The van der Waals surface area contributed by atoms with Crippen LogP contribution < -0.4 is 0 Å². The molecule has 1 aromatic carbocycles. The first kappa shape index (κ1) is 16.1. The number of carboxylic acids is 1. The van der Waals surface area contributed by atoms with Crippen LogP contribution in [0.5, 0.6) is 0 Å². The van der Waals surface area contributed by atoms with Crippen LogP contribution >= 0.6 is 23.1 Å². The number of aliphatic carboxylic acids is 1. The first-order valence-electron chi connectivity index (χ1n) is 7.03. The number of thiophene rings is 1. The summed E-state index contributed by atoms with van der Waals surface area (Å²) in [6.45, 7) is 4.12. The fraction of sp³-hybridized carbons (Fsp3) is 0.353. The second-order valence-electron chi connectivity index (χ2n) is 5.44. The lowest BCUT2D eigenvalue weighted by molar-refractivity contribution is -0.136. The lowest BCUT2D eigenvalue weighted by Gasteiger charge is -2.14. The molecular formula is C17H20O2S2. The van der Waals surface area contributed by atoms with Gasteiger partial charge >= 0.3 is 5.97 Å². The molecule has 0 amide bonds. The molecule has 0 aliphatic carbocycles. The molecule has 0 radical (unpaired) electrons. The molecule has 0 spiro atoms. The monoisotopic (exact) mass is 320 g/mol. The normalized spacial score (nSPS) is 12.5. The van der Waals surface area contributed by atoms with Crippen molar-refractivity contribution in [2.24, 2.45) is 5.92 Å². The Morgan fingerprint density at radius 2 is 1.95 bits per heavy atom. The molecule has 0 bridgehead atoms. The van der Waals surface area contributed by atoms with Gasteiger partial charge in [-0.05, 0) is 34.9 Å². The van der Waals surface area contributed by atoms with E-state index in [9.17, 15) is 9.90 Å². The smallest absolute Gasteiger partial charge is 0.316 e. The van der Waals surface area contributed by atoms with Crippen LogP contribution in [0.2, 0.25) is 0 Å². The van der Waals surface area contributed by atoms with Gasteiger partial charge in [-0.3, -0.25) is 4.79 Å². The molecule has 4 heteroatoms. The zero-order valence-corrected chi connectivity index (χ0v) is 13.9. The van der Waals surface area contributed by atoms with Gasteiger partial charge in [0.1, 0.15) is 5.25 Å². The Bertz CT molecular complexity index is 559. The van der Waals surface area contributed by atoms with Gasteiger partial charge in [0.05, 0.1) is 0 Å². The minimum absolute atomic E-state index is 0.318. The summed E-state index contributed by atoms with van der Waals surface area (Å²) in [5.74, 6) is 0.442. The Labute approximate surface area is 134 Å². The highest BCUT2D eigenvalue weighted by Gasteiger charge is 2.19. The van der Waals surface area contributed by atoms with Crippen molar-refractivity contribution in [3.8, 4) is 10.4 Å². The average molecular weight is 320 g/mol. The van der Waals surface area contributed by atoms with Gasteiger partial charge in [-0.2, -0.15) is 0 Å². The van der Waals surface area contributed by atoms with E-state index in [1.54, 1.807) is 11.3 Å². The highest BCUT2D eigenvalue weighted by molar-refractivity contribution is 7.99. The maximum Gasteiger partial charge on any atom is 0.316 e. The van der Waals surface area contributed by atoms with Crippen LogP contribution in [0.15, 0.2) is 41.8 Å². The maximum absolute atomic E-state index is 11.2. The molecule has 21 heavy (non-hydrogen) atoms. The number of benzene rings is 1. The van der Waals surface area contributed by atoms with Crippen molar-refractivity contribution in [2.75, 3.05) is 0 Å². The van der Waals surface area contributed by atoms with Crippen molar-refractivity contribution in [1.29, 1.82) is 0 Å². The molecule has 0 saturated heterocycles. The summed E-state index contributed by atoms with van der Waals surface area (Å²) in [5.41, 5.74) is 2.39. The van der Waals surface area contributed by atoms with Crippen LogP contribution in [0.1, 0.15) is 25.8 Å². The summed E-state index contributed by atoms with van der Waals surface area (Å²) in [6, 6.07) is 12.6. The second-order valence-corrected chi connectivity index (χ2v) is 7.58. The van der Waals surface area contributed by atoms with Gasteiger partial charge in [0, 0.05) is 10.6 Å². The van der Waals surface area contributed by atoms with Crippen molar-refractivity contribution >= 4 is 29.1 Å². The van der Waals surface area contributed by atoms with Crippen LogP contribution in [0.25, 0.3) is 10.4 Å². The zero-order chi connectivity index (χ0) is 15.2. The van der Waals surface area contributed by atoms with Gasteiger partial charge in [-0.25, -0.2) is 0 Å². The molecule has 0 fully saturated rings. The highest BCUT2D eigenvalue weighted by atomic mass is 32.2. The third-order valence-corrected chi connectivity index (χ3v) is 5.39. The molecule has 2 aromatic rings.